The predicted octanol–water partition coefficient (Wildman–Crippen LogP) is 5.30. The van der Waals surface area contributed by atoms with Crippen molar-refractivity contribution in [1.29, 1.82) is 0 Å². The van der Waals surface area contributed by atoms with Crippen molar-refractivity contribution in [3.05, 3.63) is 101 Å². The zero-order valence-electron chi connectivity index (χ0n) is 21.6. The number of fused-ring (bicyclic) bond motifs is 1. The lowest BCUT2D eigenvalue weighted by Crippen LogP contribution is -2.40. The molecule has 0 bridgehead atoms. The maximum atomic E-state index is 13.8. The highest BCUT2D eigenvalue weighted by Gasteiger charge is 2.28. The van der Waals surface area contributed by atoms with Crippen LogP contribution in [0.1, 0.15) is 44.6 Å². The Morgan fingerprint density at radius 1 is 0.946 bits per heavy atom. The van der Waals surface area contributed by atoms with Crippen LogP contribution in [0.15, 0.2) is 83.7 Å². The van der Waals surface area contributed by atoms with E-state index >= 15 is 0 Å². The third-order valence-electron chi connectivity index (χ3n) is 6.27. The molecule has 0 N–H and O–H groups in total. The van der Waals surface area contributed by atoms with Crippen molar-refractivity contribution in [3.8, 4) is 11.4 Å². The smallest absolute Gasteiger partial charge is 0.266 e. The second-order valence-corrected chi connectivity index (χ2v) is 8.64. The summed E-state index contributed by atoms with van der Waals surface area (Å²) in [6.07, 6.45) is 0.583. The van der Waals surface area contributed by atoms with E-state index in [1.54, 1.807) is 15.5 Å². The molecule has 0 saturated heterocycles. The Balaban J connectivity index is 1.71. The number of para-hydroxylation sites is 1. The summed E-state index contributed by atoms with van der Waals surface area (Å²) in [5.41, 5.74) is 2.11. The van der Waals surface area contributed by atoms with Gasteiger partial charge in [0.2, 0.25) is 5.91 Å². The van der Waals surface area contributed by atoms with Crippen LogP contribution in [0, 0.1) is 0 Å². The van der Waals surface area contributed by atoms with Gasteiger partial charge in [-0.25, -0.2) is 4.98 Å². The van der Waals surface area contributed by atoms with Gasteiger partial charge in [-0.3, -0.25) is 14.2 Å². The number of benzene rings is 3. The molecule has 1 unspecified atom stereocenters. The lowest BCUT2D eigenvalue weighted by atomic mass is 10.1. The Hall–Kier alpha value is -3.97. The van der Waals surface area contributed by atoms with Crippen LogP contribution < -0.4 is 10.3 Å². The summed E-state index contributed by atoms with van der Waals surface area (Å²) in [6.45, 7) is 7.16. The van der Waals surface area contributed by atoms with E-state index in [1.807, 2.05) is 93.6 Å². The molecule has 4 rings (SSSR count). The minimum absolute atomic E-state index is 0.0555. The maximum absolute atomic E-state index is 13.8. The van der Waals surface area contributed by atoms with Crippen molar-refractivity contribution in [3.63, 3.8) is 0 Å². The van der Waals surface area contributed by atoms with Crippen molar-refractivity contribution >= 4 is 16.8 Å². The van der Waals surface area contributed by atoms with E-state index in [-0.39, 0.29) is 18.1 Å². The molecule has 0 saturated carbocycles. The molecule has 7 heteroatoms. The molecule has 1 heterocycles. The average molecular weight is 500 g/mol. The van der Waals surface area contributed by atoms with Crippen LogP contribution in [0.2, 0.25) is 0 Å². The third kappa shape index (κ3) is 5.89. The largest absolute Gasteiger partial charge is 0.494 e. The summed E-state index contributed by atoms with van der Waals surface area (Å²) in [6, 6.07) is 24.0. The van der Waals surface area contributed by atoms with Gasteiger partial charge in [0.15, 0.2) is 0 Å². The Bertz CT molecular complexity index is 1380. The molecule has 1 amide bonds. The first-order valence-corrected chi connectivity index (χ1v) is 12.7. The first kappa shape index (κ1) is 26.1. The van der Waals surface area contributed by atoms with Gasteiger partial charge in [0.25, 0.3) is 5.56 Å². The Morgan fingerprint density at radius 2 is 1.65 bits per heavy atom. The van der Waals surface area contributed by atoms with Gasteiger partial charge in [0, 0.05) is 6.54 Å². The van der Waals surface area contributed by atoms with Crippen molar-refractivity contribution in [2.45, 2.75) is 39.8 Å². The molecule has 3 aromatic carbocycles. The fraction of sp³-hybridized carbons (Fsp3) is 0.300. The van der Waals surface area contributed by atoms with E-state index < -0.39 is 6.04 Å². The minimum atomic E-state index is -0.415. The van der Waals surface area contributed by atoms with E-state index in [1.165, 1.54) is 0 Å². The van der Waals surface area contributed by atoms with Crippen LogP contribution in [0.3, 0.4) is 0 Å². The van der Waals surface area contributed by atoms with Crippen molar-refractivity contribution in [1.82, 2.24) is 14.5 Å². The molecular weight excluding hydrogens is 466 g/mol. The van der Waals surface area contributed by atoms with Gasteiger partial charge in [-0.1, -0.05) is 49.4 Å². The molecule has 0 aliphatic carbocycles. The molecule has 1 aromatic heterocycles. The van der Waals surface area contributed by atoms with Crippen molar-refractivity contribution in [2.24, 2.45) is 0 Å². The Morgan fingerprint density at radius 3 is 2.32 bits per heavy atom. The van der Waals surface area contributed by atoms with Gasteiger partial charge >= 0.3 is 0 Å². The summed E-state index contributed by atoms with van der Waals surface area (Å²) in [7, 11) is 0. The van der Waals surface area contributed by atoms with Gasteiger partial charge < -0.3 is 14.4 Å². The molecule has 0 aliphatic heterocycles. The number of hydrogen-bond donors (Lipinski definition) is 0. The SMILES string of the molecule is CCOc1ccc(-n2c(C(CC)N(CC)C(=O)COCc3ccccc3)nc3ccccc3c2=O)cc1. The van der Waals surface area contributed by atoms with E-state index in [4.69, 9.17) is 14.5 Å². The standard InChI is InChI=1S/C30H33N3O4/c1-4-27(32(5-2)28(34)21-36-20-22-12-8-7-9-13-22)29-31-26-15-11-10-14-25(26)30(35)33(29)23-16-18-24(19-17-23)37-6-3/h7-19,27H,4-6,20-21H2,1-3H3. The number of rotatable bonds is 11. The summed E-state index contributed by atoms with van der Waals surface area (Å²) >= 11 is 0. The van der Waals surface area contributed by atoms with Crippen molar-refractivity contribution in [2.75, 3.05) is 19.8 Å². The predicted molar refractivity (Wildman–Crippen MR) is 145 cm³/mol. The third-order valence-corrected chi connectivity index (χ3v) is 6.27. The van der Waals surface area contributed by atoms with E-state index in [2.05, 4.69) is 0 Å². The highest BCUT2D eigenvalue weighted by atomic mass is 16.5. The summed E-state index contributed by atoms with van der Waals surface area (Å²) in [4.78, 5) is 33.7. The Kier molecular flexibility index (Phi) is 8.69. The fourth-order valence-electron chi connectivity index (χ4n) is 4.51. The molecule has 0 spiro atoms. The molecule has 192 valence electrons. The number of aromatic nitrogens is 2. The van der Waals surface area contributed by atoms with Crippen LogP contribution in [-0.2, 0) is 16.1 Å². The maximum Gasteiger partial charge on any atom is 0.266 e. The first-order valence-electron chi connectivity index (χ1n) is 12.7. The number of likely N-dealkylation sites (N-methyl/N-ethyl adjacent to an activating group) is 1. The van der Waals surface area contributed by atoms with Gasteiger partial charge in [-0.15, -0.1) is 0 Å². The molecule has 4 aromatic rings. The molecule has 0 radical (unpaired) electrons. The van der Waals surface area contributed by atoms with Crippen LogP contribution in [0.5, 0.6) is 5.75 Å². The summed E-state index contributed by atoms with van der Waals surface area (Å²) < 4.78 is 12.9. The number of carbonyl (C=O) groups excluding carboxylic acids is 1. The second kappa shape index (κ2) is 12.3. The lowest BCUT2D eigenvalue weighted by molar-refractivity contribution is -0.139. The number of carbonyl (C=O) groups is 1. The van der Waals surface area contributed by atoms with Crippen LogP contribution in [-0.4, -0.2) is 40.1 Å². The van der Waals surface area contributed by atoms with Crippen LogP contribution >= 0.6 is 0 Å². The van der Waals surface area contributed by atoms with E-state index in [0.717, 1.165) is 11.3 Å². The topological polar surface area (TPSA) is 73.7 Å². The highest BCUT2D eigenvalue weighted by Crippen LogP contribution is 2.27. The van der Waals surface area contributed by atoms with Gasteiger partial charge in [-0.05, 0) is 62.2 Å². The fourth-order valence-corrected chi connectivity index (χ4v) is 4.51. The zero-order valence-corrected chi connectivity index (χ0v) is 21.6. The number of ether oxygens (including phenoxy) is 2. The van der Waals surface area contributed by atoms with E-state index in [9.17, 15) is 9.59 Å². The van der Waals surface area contributed by atoms with E-state index in [0.29, 0.717) is 48.6 Å². The quantitative estimate of drug-likeness (QED) is 0.280. The Labute approximate surface area is 217 Å². The average Bonchev–Trinajstić information content (AvgIpc) is 2.93. The van der Waals surface area contributed by atoms with Gasteiger partial charge in [-0.2, -0.15) is 0 Å². The van der Waals surface area contributed by atoms with Crippen molar-refractivity contribution < 1.29 is 14.3 Å². The van der Waals surface area contributed by atoms with Crippen LogP contribution in [0.25, 0.3) is 16.6 Å². The molecule has 7 nitrogen and oxygen atoms in total. The molecule has 0 aliphatic rings. The molecule has 37 heavy (non-hydrogen) atoms. The highest BCUT2D eigenvalue weighted by molar-refractivity contribution is 5.79. The zero-order chi connectivity index (χ0) is 26.2. The minimum Gasteiger partial charge on any atom is -0.494 e. The monoisotopic (exact) mass is 499 g/mol. The number of amides is 1. The second-order valence-electron chi connectivity index (χ2n) is 8.64. The molecular formula is C30H33N3O4. The van der Waals surface area contributed by atoms with Crippen LogP contribution in [0.4, 0.5) is 0 Å². The molecule has 0 fully saturated rings. The summed E-state index contributed by atoms with van der Waals surface area (Å²) in [5.74, 6) is 1.10. The number of nitrogens with zero attached hydrogens (tertiary/aromatic N) is 3. The molecule has 1 atom stereocenters. The lowest BCUT2D eigenvalue weighted by Gasteiger charge is -2.31. The normalized spacial score (nSPS) is 11.9. The van der Waals surface area contributed by atoms with Gasteiger partial charge in [0.1, 0.15) is 18.2 Å². The number of hydrogen-bond acceptors (Lipinski definition) is 5. The first-order chi connectivity index (χ1) is 18.1. The summed E-state index contributed by atoms with van der Waals surface area (Å²) in [5, 5.41) is 0.524. The van der Waals surface area contributed by atoms with Gasteiger partial charge in [0.05, 0.1) is 35.8 Å².